The Morgan fingerprint density at radius 3 is 2.21 bits per heavy atom. The zero-order chi connectivity index (χ0) is 14.3. The summed E-state index contributed by atoms with van der Waals surface area (Å²) < 4.78 is 17.6. The van der Waals surface area contributed by atoms with Crippen molar-refractivity contribution < 1.29 is 14.0 Å². The molecule has 0 spiro atoms. The maximum atomic E-state index is 6.11. The maximum absolute atomic E-state index is 6.11. The predicted molar refractivity (Wildman–Crippen MR) is 75.9 cm³/mol. The molecule has 0 aliphatic carbocycles. The van der Waals surface area contributed by atoms with Gasteiger partial charge in [-0.1, -0.05) is 6.92 Å². The van der Waals surface area contributed by atoms with Gasteiger partial charge < -0.3 is 14.0 Å². The highest BCUT2D eigenvalue weighted by molar-refractivity contribution is 6.63. The minimum atomic E-state index is -0.405. The Kier molecular flexibility index (Phi) is 3.62. The number of methoxy groups -OCH3 is 1. The van der Waals surface area contributed by atoms with Crippen LogP contribution in [0.2, 0.25) is 0 Å². The van der Waals surface area contributed by atoms with Crippen LogP contribution in [-0.4, -0.2) is 30.4 Å². The van der Waals surface area contributed by atoms with Gasteiger partial charge in [0.2, 0.25) is 0 Å². The number of pyridine rings is 1. The highest BCUT2D eigenvalue weighted by Gasteiger charge is 2.53. The largest absolute Gasteiger partial charge is 0.499 e. The van der Waals surface area contributed by atoms with E-state index in [0.29, 0.717) is 0 Å². The molecule has 2 rings (SSSR count). The molecule has 0 radical (unpaired) electrons. The topological polar surface area (TPSA) is 40.6 Å². The van der Waals surface area contributed by atoms with Crippen molar-refractivity contribution in [3.8, 4) is 5.75 Å². The van der Waals surface area contributed by atoms with Gasteiger partial charge in [0.15, 0.2) is 0 Å². The van der Waals surface area contributed by atoms with Crippen LogP contribution in [0, 0.1) is 0 Å². The number of rotatable bonds is 3. The zero-order valence-corrected chi connectivity index (χ0v) is 12.6. The molecule has 0 unspecified atom stereocenters. The molecule has 1 aliphatic heterocycles. The third kappa shape index (κ3) is 2.37. The van der Waals surface area contributed by atoms with Crippen LogP contribution in [0.1, 0.15) is 40.2 Å². The minimum Gasteiger partial charge on any atom is -0.495 e. The second kappa shape index (κ2) is 4.80. The van der Waals surface area contributed by atoms with E-state index in [2.05, 4.69) is 11.9 Å². The van der Waals surface area contributed by atoms with E-state index < -0.39 is 7.12 Å². The molecule has 5 heteroatoms. The highest BCUT2D eigenvalue weighted by Crippen LogP contribution is 2.37. The Labute approximate surface area is 115 Å². The number of hydrogen-bond donors (Lipinski definition) is 0. The summed E-state index contributed by atoms with van der Waals surface area (Å²) in [5, 5.41) is 0. The van der Waals surface area contributed by atoms with E-state index in [1.54, 1.807) is 13.3 Å². The molecule has 4 nitrogen and oxygen atoms in total. The first-order chi connectivity index (χ1) is 8.82. The minimum absolute atomic E-state index is 0.350. The quantitative estimate of drug-likeness (QED) is 0.781. The van der Waals surface area contributed by atoms with Gasteiger partial charge in [0.1, 0.15) is 5.75 Å². The second-order valence-electron chi connectivity index (χ2n) is 5.86. The van der Waals surface area contributed by atoms with Crippen molar-refractivity contribution in [3.05, 3.63) is 18.0 Å². The van der Waals surface area contributed by atoms with Crippen molar-refractivity contribution in [2.24, 2.45) is 0 Å². The molecule has 0 saturated carbocycles. The van der Waals surface area contributed by atoms with E-state index in [9.17, 15) is 0 Å². The van der Waals surface area contributed by atoms with Crippen LogP contribution in [0.25, 0.3) is 0 Å². The third-order valence-corrected chi connectivity index (χ3v) is 4.12. The molecule has 104 valence electrons. The van der Waals surface area contributed by atoms with Crippen molar-refractivity contribution in [1.82, 2.24) is 4.98 Å². The van der Waals surface area contributed by atoms with Crippen LogP contribution in [-0.2, 0) is 15.7 Å². The Hall–Kier alpha value is -1.07. The average Bonchev–Trinajstić information content (AvgIpc) is 2.57. The van der Waals surface area contributed by atoms with Gasteiger partial charge in [0.05, 0.1) is 24.5 Å². The predicted octanol–water partition coefficient (Wildman–Crippen LogP) is 1.95. The number of ether oxygens (including phenoxy) is 1. The first-order valence-corrected chi connectivity index (χ1v) is 6.69. The first-order valence-electron chi connectivity index (χ1n) is 6.69. The van der Waals surface area contributed by atoms with Crippen LogP contribution in [0.15, 0.2) is 12.4 Å². The summed E-state index contributed by atoms with van der Waals surface area (Å²) >= 11 is 0. The average molecular weight is 263 g/mol. The lowest BCUT2D eigenvalue weighted by Crippen LogP contribution is -2.41. The lowest BCUT2D eigenvalue weighted by Gasteiger charge is -2.32. The molecule has 19 heavy (non-hydrogen) atoms. The van der Waals surface area contributed by atoms with Gasteiger partial charge in [-0.3, -0.25) is 4.98 Å². The number of nitrogens with zero attached hydrogens (tertiary/aromatic N) is 1. The Balaban J connectivity index is 2.44. The molecule has 0 N–H and O–H groups in total. The Morgan fingerprint density at radius 2 is 1.74 bits per heavy atom. The summed E-state index contributed by atoms with van der Waals surface area (Å²) in [6.45, 7) is 10.3. The van der Waals surface area contributed by atoms with Gasteiger partial charge in [0, 0.05) is 11.7 Å². The lowest BCUT2D eigenvalue weighted by molar-refractivity contribution is 0.00578. The zero-order valence-electron chi connectivity index (χ0n) is 12.6. The normalized spacial score (nSPS) is 20.6. The maximum Gasteiger partial charge on any atom is 0.499 e. The van der Waals surface area contributed by atoms with Gasteiger partial charge in [-0.05, 0) is 39.7 Å². The van der Waals surface area contributed by atoms with Gasteiger partial charge in [0.25, 0.3) is 0 Å². The smallest absolute Gasteiger partial charge is 0.495 e. The second-order valence-corrected chi connectivity index (χ2v) is 5.86. The molecule has 1 aromatic rings. The summed E-state index contributed by atoms with van der Waals surface area (Å²) in [5.74, 6) is 0.720. The fourth-order valence-corrected chi connectivity index (χ4v) is 2.17. The van der Waals surface area contributed by atoms with Crippen molar-refractivity contribution in [1.29, 1.82) is 0 Å². The van der Waals surface area contributed by atoms with Gasteiger partial charge >= 0.3 is 7.12 Å². The first kappa shape index (κ1) is 14.3. The van der Waals surface area contributed by atoms with E-state index >= 15 is 0 Å². The molecule has 0 atom stereocenters. The summed E-state index contributed by atoms with van der Waals surface area (Å²) in [6, 6.07) is 0. The number of aryl methyl sites for hydroxylation is 1. The van der Waals surface area contributed by atoms with E-state index in [4.69, 9.17) is 14.0 Å². The van der Waals surface area contributed by atoms with Crippen molar-refractivity contribution >= 4 is 12.6 Å². The molecule has 1 aromatic heterocycles. The molecular formula is C14H22BNO3. The van der Waals surface area contributed by atoms with Crippen LogP contribution < -0.4 is 10.2 Å². The molecule has 1 fully saturated rings. The van der Waals surface area contributed by atoms with Crippen LogP contribution in [0.5, 0.6) is 5.75 Å². The van der Waals surface area contributed by atoms with E-state index in [0.717, 1.165) is 23.2 Å². The summed E-state index contributed by atoms with van der Waals surface area (Å²) in [7, 11) is 1.24. The molecule has 0 aromatic carbocycles. The van der Waals surface area contributed by atoms with Crippen molar-refractivity contribution in [3.63, 3.8) is 0 Å². The van der Waals surface area contributed by atoms with E-state index in [1.807, 2.05) is 33.9 Å². The van der Waals surface area contributed by atoms with Crippen LogP contribution in [0.4, 0.5) is 0 Å². The highest BCUT2D eigenvalue weighted by atomic mass is 16.7. The number of aromatic nitrogens is 1. The Morgan fingerprint density at radius 1 is 1.16 bits per heavy atom. The lowest BCUT2D eigenvalue weighted by atomic mass is 9.75. The van der Waals surface area contributed by atoms with Crippen LogP contribution >= 0.6 is 0 Å². The van der Waals surface area contributed by atoms with Gasteiger partial charge in [-0.25, -0.2) is 0 Å². The molecule has 1 aliphatic rings. The van der Waals surface area contributed by atoms with Crippen molar-refractivity contribution in [2.45, 2.75) is 52.2 Å². The van der Waals surface area contributed by atoms with Crippen molar-refractivity contribution in [2.75, 3.05) is 7.11 Å². The third-order valence-electron chi connectivity index (χ3n) is 4.12. The van der Waals surface area contributed by atoms with Gasteiger partial charge in [-0.15, -0.1) is 0 Å². The van der Waals surface area contributed by atoms with Gasteiger partial charge in [-0.2, -0.15) is 0 Å². The molecule has 1 saturated heterocycles. The summed E-state index contributed by atoms with van der Waals surface area (Å²) in [4.78, 5) is 4.19. The molecule has 0 bridgehead atoms. The van der Waals surface area contributed by atoms with E-state index in [1.165, 1.54) is 0 Å². The van der Waals surface area contributed by atoms with E-state index in [-0.39, 0.29) is 11.2 Å². The standard InChI is InChI=1S/C14H22BNO3/c1-7-10-8-16-9-11(17-6)12(10)15-18-13(2,3)14(4,5)19-15/h8-9H,7H2,1-6H3. The molecule has 0 amide bonds. The van der Waals surface area contributed by atoms with Crippen LogP contribution in [0.3, 0.4) is 0 Å². The molecular weight excluding hydrogens is 241 g/mol. The molecule has 2 heterocycles. The monoisotopic (exact) mass is 263 g/mol. The summed E-state index contributed by atoms with van der Waals surface area (Å²) in [5.41, 5.74) is 1.35. The fourth-order valence-electron chi connectivity index (χ4n) is 2.17. The number of hydrogen-bond acceptors (Lipinski definition) is 4. The fraction of sp³-hybridized carbons (Fsp3) is 0.643. The Bertz CT molecular complexity index is 436. The SMILES string of the molecule is CCc1cncc(OC)c1B1OC(C)(C)C(C)(C)O1. The summed E-state index contributed by atoms with van der Waals surface area (Å²) in [6.07, 6.45) is 4.42.